The largest absolute Gasteiger partial charge is 0.504 e. The third-order valence-corrected chi connectivity index (χ3v) is 4.03. The quantitative estimate of drug-likeness (QED) is 0.917. The average Bonchev–Trinajstić information content (AvgIpc) is 3.25. The molecule has 1 N–H and O–H groups in total. The Morgan fingerprint density at radius 2 is 2.17 bits per heavy atom. The summed E-state index contributed by atoms with van der Waals surface area (Å²) in [5.74, 6) is 1.07. The number of phenolic OH excluding ortho intramolecular Hbond substituents is 1. The molecule has 1 aliphatic rings. The molecule has 0 saturated carbocycles. The minimum Gasteiger partial charge on any atom is -0.504 e. The van der Waals surface area contributed by atoms with Crippen molar-refractivity contribution in [3.63, 3.8) is 0 Å². The molecule has 1 aliphatic heterocycles. The van der Waals surface area contributed by atoms with E-state index in [1.54, 1.807) is 18.4 Å². The predicted molar refractivity (Wildman–Crippen MR) is 84.3 cm³/mol. The van der Waals surface area contributed by atoms with Crippen molar-refractivity contribution >= 4 is 5.91 Å². The second kappa shape index (κ2) is 6.73. The number of ether oxygens (including phenoxy) is 1. The van der Waals surface area contributed by atoms with Gasteiger partial charge in [0.05, 0.1) is 12.8 Å². The molecule has 1 aromatic carbocycles. The van der Waals surface area contributed by atoms with Gasteiger partial charge in [0, 0.05) is 31.5 Å². The van der Waals surface area contributed by atoms with Gasteiger partial charge >= 0.3 is 0 Å². The molecule has 6 heteroatoms. The van der Waals surface area contributed by atoms with Crippen molar-refractivity contribution in [1.29, 1.82) is 0 Å². The Balaban J connectivity index is 1.64. The summed E-state index contributed by atoms with van der Waals surface area (Å²) in [7, 11) is 1.49. The van der Waals surface area contributed by atoms with E-state index < -0.39 is 0 Å². The molecule has 3 rings (SSSR count). The SMILES string of the molecule is COc1cc(-c2nc(CCC(=O)N3CCCC3)co2)ccc1O. The van der Waals surface area contributed by atoms with Gasteiger partial charge in [-0.3, -0.25) is 4.79 Å². The molecule has 0 spiro atoms. The third kappa shape index (κ3) is 3.47. The first kappa shape index (κ1) is 15.4. The van der Waals surface area contributed by atoms with E-state index in [-0.39, 0.29) is 11.7 Å². The molecule has 23 heavy (non-hydrogen) atoms. The van der Waals surface area contributed by atoms with E-state index in [4.69, 9.17) is 9.15 Å². The summed E-state index contributed by atoms with van der Waals surface area (Å²) in [5, 5.41) is 9.62. The van der Waals surface area contributed by atoms with Crippen molar-refractivity contribution in [2.75, 3.05) is 20.2 Å². The number of aromatic hydroxyl groups is 1. The Morgan fingerprint density at radius 3 is 2.91 bits per heavy atom. The highest BCUT2D eigenvalue weighted by atomic mass is 16.5. The second-order valence-corrected chi connectivity index (χ2v) is 5.62. The van der Waals surface area contributed by atoms with Crippen LogP contribution in [-0.4, -0.2) is 41.1 Å². The van der Waals surface area contributed by atoms with Crippen LogP contribution in [0, 0.1) is 0 Å². The van der Waals surface area contributed by atoms with Gasteiger partial charge in [-0.1, -0.05) is 0 Å². The summed E-state index contributed by atoms with van der Waals surface area (Å²) >= 11 is 0. The summed E-state index contributed by atoms with van der Waals surface area (Å²) in [6.45, 7) is 1.74. The maximum Gasteiger partial charge on any atom is 0.226 e. The number of oxazole rings is 1. The number of rotatable bonds is 5. The Labute approximate surface area is 134 Å². The van der Waals surface area contributed by atoms with Gasteiger partial charge < -0.3 is 19.2 Å². The molecule has 1 aromatic heterocycles. The number of hydrogen-bond donors (Lipinski definition) is 1. The summed E-state index contributed by atoms with van der Waals surface area (Å²) in [6.07, 6.45) is 4.79. The minimum absolute atomic E-state index is 0.0687. The zero-order valence-corrected chi connectivity index (χ0v) is 13.1. The van der Waals surface area contributed by atoms with Crippen molar-refractivity contribution in [1.82, 2.24) is 9.88 Å². The first-order chi connectivity index (χ1) is 11.2. The van der Waals surface area contributed by atoms with E-state index in [0.717, 1.165) is 37.2 Å². The molecular formula is C17H20N2O4. The fraction of sp³-hybridized carbons (Fsp3) is 0.412. The van der Waals surface area contributed by atoms with E-state index in [1.165, 1.54) is 13.2 Å². The standard InChI is InChI=1S/C17H20N2O4/c1-22-15-10-12(4-6-14(15)20)17-18-13(11-23-17)5-7-16(21)19-8-2-3-9-19/h4,6,10-11,20H,2-3,5,7-9H2,1H3. The van der Waals surface area contributed by atoms with Crippen LogP contribution in [0.1, 0.15) is 25.0 Å². The number of amides is 1. The average molecular weight is 316 g/mol. The number of likely N-dealkylation sites (tertiary alicyclic amines) is 1. The van der Waals surface area contributed by atoms with E-state index >= 15 is 0 Å². The molecule has 2 heterocycles. The molecule has 0 radical (unpaired) electrons. The van der Waals surface area contributed by atoms with Crippen molar-refractivity contribution in [3.05, 3.63) is 30.2 Å². The van der Waals surface area contributed by atoms with Crippen LogP contribution < -0.4 is 4.74 Å². The lowest BCUT2D eigenvalue weighted by Crippen LogP contribution is -2.27. The smallest absolute Gasteiger partial charge is 0.226 e. The lowest BCUT2D eigenvalue weighted by atomic mass is 10.2. The fourth-order valence-electron chi connectivity index (χ4n) is 2.72. The Bertz CT molecular complexity index is 690. The summed E-state index contributed by atoms with van der Waals surface area (Å²) in [6, 6.07) is 4.91. The predicted octanol–water partition coefficient (Wildman–Crippen LogP) is 2.61. The molecule has 0 unspecified atom stereocenters. The van der Waals surface area contributed by atoms with Gasteiger partial charge in [0.25, 0.3) is 0 Å². The van der Waals surface area contributed by atoms with Crippen LogP contribution >= 0.6 is 0 Å². The van der Waals surface area contributed by atoms with Gasteiger partial charge in [0.2, 0.25) is 11.8 Å². The molecule has 0 aliphatic carbocycles. The fourth-order valence-corrected chi connectivity index (χ4v) is 2.72. The van der Waals surface area contributed by atoms with Crippen molar-refractivity contribution in [3.8, 4) is 23.0 Å². The van der Waals surface area contributed by atoms with Crippen LogP contribution in [0.4, 0.5) is 0 Å². The summed E-state index contributed by atoms with van der Waals surface area (Å²) in [5.41, 5.74) is 1.47. The molecule has 2 aromatic rings. The van der Waals surface area contributed by atoms with Gasteiger partial charge in [0.1, 0.15) is 6.26 Å². The first-order valence-corrected chi connectivity index (χ1v) is 7.77. The number of carbonyl (C=O) groups excluding carboxylic acids is 1. The molecule has 1 fully saturated rings. The maximum absolute atomic E-state index is 12.0. The zero-order valence-electron chi connectivity index (χ0n) is 13.1. The maximum atomic E-state index is 12.0. The number of carbonyl (C=O) groups is 1. The van der Waals surface area contributed by atoms with Gasteiger partial charge in [-0.25, -0.2) is 4.98 Å². The van der Waals surface area contributed by atoms with Crippen molar-refractivity contribution in [2.24, 2.45) is 0 Å². The van der Waals surface area contributed by atoms with Crippen molar-refractivity contribution < 1.29 is 19.1 Å². The molecule has 1 amide bonds. The highest BCUT2D eigenvalue weighted by Gasteiger charge is 2.18. The van der Waals surface area contributed by atoms with Crippen LogP contribution in [0.25, 0.3) is 11.5 Å². The number of benzene rings is 1. The van der Waals surface area contributed by atoms with Gasteiger partial charge in [-0.2, -0.15) is 0 Å². The second-order valence-electron chi connectivity index (χ2n) is 5.62. The van der Waals surface area contributed by atoms with E-state index in [9.17, 15) is 9.90 Å². The number of phenols is 1. The number of nitrogens with zero attached hydrogens (tertiary/aromatic N) is 2. The van der Waals surface area contributed by atoms with Gasteiger partial charge in [-0.15, -0.1) is 0 Å². The number of methoxy groups -OCH3 is 1. The Kier molecular flexibility index (Phi) is 4.50. The lowest BCUT2D eigenvalue weighted by Gasteiger charge is -2.14. The van der Waals surface area contributed by atoms with Crippen LogP contribution in [0.5, 0.6) is 11.5 Å². The normalized spacial score (nSPS) is 14.2. The zero-order chi connectivity index (χ0) is 16.2. The topological polar surface area (TPSA) is 75.8 Å². The highest BCUT2D eigenvalue weighted by molar-refractivity contribution is 5.76. The number of aryl methyl sites for hydroxylation is 1. The van der Waals surface area contributed by atoms with Crippen LogP contribution in [0.2, 0.25) is 0 Å². The van der Waals surface area contributed by atoms with E-state index in [2.05, 4.69) is 4.98 Å². The summed E-state index contributed by atoms with van der Waals surface area (Å²) in [4.78, 5) is 18.4. The van der Waals surface area contributed by atoms with Crippen molar-refractivity contribution in [2.45, 2.75) is 25.7 Å². The molecule has 122 valence electrons. The number of aromatic nitrogens is 1. The van der Waals surface area contributed by atoms with Gasteiger partial charge in [-0.05, 0) is 31.0 Å². The lowest BCUT2D eigenvalue weighted by molar-refractivity contribution is -0.130. The number of hydrogen-bond acceptors (Lipinski definition) is 5. The molecule has 1 saturated heterocycles. The molecular weight excluding hydrogens is 296 g/mol. The minimum atomic E-state index is 0.0687. The molecule has 0 atom stereocenters. The van der Waals surface area contributed by atoms with E-state index in [1.807, 2.05) is 4.90 Å². The van der Waals surface area contributed by atoms with Gasteiger partial charge in [0.15, 0.2) is 11.5 Å². The first-order valence-electron chi connectivity index (χ1n) is 7.77. The van der Waals surface area contributed by atoms with Crippen LogP contribution in [0.15, 0.2) is 28.9 Å². The van der Waals surface area contributed by atoms with Crippen LogP contribution in [0.3, 0.4) is 0 Å². The Hall–Kier alpha value is -2.50. The van der Waals surface area contributed by atoms with Crippen LogP contribution in [-0.2, 0) is 11.2 Å². The summed E-state index contributed by atoms with van der Waals surface area (Å²) < 4.78 is 10.6. The monoisotopic (exact) mass is 316 g/mol. The molecule has 0 bridgehead atoms. The third-order valence-electron chi connectivity index (χ3n) is 4.03. The Morgan fingerprint density at radius 1 is 1.39 bits per heavy atom. The highest BCUT2D eigenvalue weighted by Crippen LogP contribution is 2.31. The van der Waals surface area contributed by atoms with E-state index in [0.29, 0.717) is 24.5 Å². The molecule has 6 nitrogen and oxygen atoms in total.